The highest BCUT2D eigenvalue weighted by Crippen LogP contribution is 2.39. The summed E-state index contributed by atoms with van der Waals surface area (Å²) in [7, 11) is 1.24. The molecule has 0 fully saturated rings. The zero-order valence-electron chi connectivity index (χ0n) is 8.84. The monoisotopic (exact) mass is 263 g/mol. The number of halogens is 2. The van der Waals surface area contributed by atoms with E-state index in [9.17, 15) is 4.79 Å². The summed E-state index contributed by atoms with van der Waals surface area (Å²) < 4.78 is 9.80. The van der Waals surface area contributed by atoms with Crippen molar-refractivity contribution in [1.29, 1.82) is 0 Å². The van der Waals surface area contributed by atoms with E-state index in [0.29, 0.717) is 6.61 Å². The Labute approximate surface area is 103 Å². The summed E-state index contributed by atoms with van der Waals surface area (Å²) in [5.74, 6) is -0.388. The van der Waals surface area contributed by atoms with Crippen LogP contribution < -0.4 is 10.5 Å². The van der Waals surface area contributed by atoms with E-state index in [1.165, 1.54) is 13.2 Å². The second-order valence-electron chi connectivity index (χ2n) is 2.89. The van der Waals surface area contributed by atoms with E-state index in [0.717, 1.165) is 0 Å². The van der Waals surface area contributed by atoms with Crippen LogP contribution in [0.5, 0.6) is 5.75 Å². The lowest BCUT2D eigenvalue weighted by Gasteiger charge is -2.12. The quantitative estimate of drug-likeness (QED) is 0.673. The van der Waals surface area contributed by atoms with Crippen molar-refractivity contribution in [2.45, 2.75) is 6.92 Å². The first kappa shape index (κ1) is 12.9. The second kappa shape index (κ2) is 5.27. The molecule has 0 aliphatic heterocycles. The largest absolute Gasteiger partial charge is 0.491 e. The van der Waals surface area contributed by atoms with Crippen LogP contribution >= 0.6 is 23.2 Å². The van der Waals surface area contributed by atoms with Gasteiger partial charge in [-0.05, 0) is 13.0 Å². The van der Waals surface area contributed by atoms with Crippen molar-refractivity contribution in [3.05, 3.63) is 21.7 Å². The molecular weight excluding hydrogens is 253 g/mol. The molecule has 0 aliphatic carbocycles. The van der Waals surface area contributed by atoms with Crippen LogP contribution in [0.1, 0.15) is 17.3 Å². The Morgan fingerprint density at radius 1 is 1.50 bits per heavy atom. The van der Waals surface area contributed by atoms with E-state index in [1.54, 1.807) is 6.92 Å². The Bertz CT molecular complexity index is 421. The fourth-order valence-corrected chi connectivity index (χ4v) is 1.86. The van der Waals surface area contributed by atoms with Crippen molar-refractivity contribution in [3.8, 4) is 5.75 Å². The number of anilines is 1. The number of nitrogen functional groups attached to an aromatic ring is 1. The van der Waals surface area contributed by atoms with Crippen molar-refractivity contribution in [1.82, 2.24) is 0 Å². The van der Waals surface area contributed by atoms with Crippen LogP contribution in [0.3, 0.4) is 0 Å². The summed E-state index contributed by atoms with van der Waals surface area (Å²) in [6.45, 7) is 2.16. The van der Waals surface area contributed by atoms with Crippen LogP contribution in [0.2, 0.25) is 10.0 Å². The van der Waals surface area contributed by atoms with Gasteiger partial charge < -0.3 is 15.2 Å². The maximum atomic E-state index is 11.4. The molecule has 0 saturated carbocycles. The standard InChI is InChI=1S/C10H11Cl2NO3/c1-3-16-9-5(11)4-6(13)7(8(9)12)10(14)15-2/h4H,3,13H2,1-2H3. The van der Waals surface area contributed by atoms with Gasteiger partial charge in [0.2, 0.25) is 0 Å². The molecule has 16 heavy (non-hydrogen) atoms. The van der Waals surface area contributed by atoms with Gasteiger partial charge in [-0.15, -0.1) is 0 Å². The predicted octanol–water partition coefficient (Wildman–Crippen LogP) is 2.76. The minimum atomic E-state index is -0.625. The summed E-state index contributed by atoms with van der Waals surface area (Å²) in [5, 5.41) is 0.329. The van der Waals surface area contributed by atoms with Crippen molar-refractivity contribution in [3.63, 3.8) is 0 Å². The second-order valence-corrected chi connectivity index (χ2v) is 3.68. The molecular formula is C10H11Cl2NO3. The van der Waals surface area contributed by atoms with Crippen molar-refractivity contribution >= 4 is 34.9 Å². The third-order valence-electron chi connectivity index (χ3n) is 1.88. The summed E-state index contributed by atoms with van der Waals surface area (Å²) in [6, 6.07) is 1.41. The molecule has 0 aromatic heterocycles. The third kappa shape index (κ3) is 2.33. The maximum Gasteiger partial charge on any atom is 0.341 e. The van der Waals surface area contributed by atoms with Crippen LogP contribution in [0.15, 0.2) is 6.07 Å². The molecule has 0 aliphatic rings. The normalized spacial score (nSPS) is 10.0. The molecule has 0 spiro atoms. The van der Waals surface area contributed by atoms with E-state index in [2.05, 4.69) is 4.74 Å². The van der Waals surface area contributed by atoms with Gasteiger partial charge in [-0.3, -0.25) is 0 Å². The Morgan fingerprint density at radius 2 is 2.12 bits per heavy atom. The van der Waals surface area contributed by atoms with E-state index in [-0.39, 0.29) is 27.0 Å². The minimum absolute atomic E-state index is 0.0667. The summed E-state index contributed by atoms with van der Waals surface area (Å²) in [4.78, 5) is 11.4. The molecule has 0 unspecified atom stereocenters. The molecule has 0 saturated heterocycles. The van der Waals surface area contributed by atoms with Gasteiger partial charge in [-0.1, -0.05) is 23.2 Å². The average Bonchev–Trinajstić information content (AvgIpc) is 2.23. The molecule has 6 heteroatoms. The van der Waals surface area contributed by atoms with Crippen LogP contribution in [-0.4, -0.2) is 19.7 Å². The number of carbonyl (C=O) groups excluding carboxylic acids is 1. The smallest absolute Gasteiger partial charge is 0.341 e. The number of nitrogens with two attached hydrogens (primary N) is 1. The van der Waals surface area contributed by atoms with Gasteiger partial charge >= 0.3 is 5.97 Å². The topological polar surface area (TPSA) is 61.5 Å². The van der Waals surface area contributed by atoms with Crippen LogP contribution in [0.4, 0.5) is 5.69 Å². The first-order valence-electron chi connectivity index (χ1n) is 4.51. The Balaban J connectivity index is 3.38. The highest BCUT2D eigenvalue weighted by atomic mass is 35.5. The van der Waals surface area contributed by atoms with E-state index < -0.39 is 5.97 Å². The number of rotatable bonds is 3. The summed E-state index contributed by atoms with van der Waals surface area (Å²) in [5.41, 5.74) is 5.86. The van der Waals surface area contributed by atoms with Crippen LogP contribution in [0.25, 0.3) is 0 Å². The molecule has 0 radical (unpaired) electrons. The lowest BCUT2D eigenvalue weighted by molar-refractivity contribution is 0.0601. The SMILES string of the molecule is CCOc1c(Cl)cc(N)c(C(=O)OC)c1Cl. The number of carbonyl (C=O) groups is 1. The summed E-state index contributed by atoms with van der Waals surface area (Å²) in [6.07, 6.45) is 0. The molecule has 0 amide bonds. The molecule has 88 valence electrons. The fraction of sp³-hybridized carbons (Fsp3) is 0.300. The number of benzene rings is 1. The van der Waals surface area contributed by atoms with E-state index in [4.69, 9.17) is 33.7 Å². The highest BCUT2D eigenvalue weighted by Gasteiger charge is 2.21. The number of hydrogen-bond donors (Lipinski definition) is 1. The Morgan fingerprint density at radius 3 is 2.62 bits per heavy atom. The first-order chi connectivity index (χ1) is 7.52. The Hall–Kier alpha value is -1.13. The van der Waals surface area contributed by atoms with E-state index in [1.807, 2.05) is 0 Å². The number of esters is 1. The van der Waals surface area contributed by atoms with Gasteiger partial charge in [-0.25, -0.2) is 4.79 Å². The number of hydrogen-bond acceptors (Lipinski definition) is 4. The lowest BCUT2D eigenvalue weighted by atomic mass is 10.1. The third-order valence-corrected chi connectivity index (χ3v) is 2.53. The zero-order chi connectivity index (χ0) is 12.3. The molecule has 0 atom stereocenters. The van der Waals surface area contributed by atoms with Crippen molar-refractivity contribution < 1.29 is 14.3 Å². The lowest BCUT2D eigenvalue weighted by Crippen LogP contribution is -2.08. The van der Waals surface area contributed by atoms with Gasteiger partial charge in [0.25, 0.3) is 0 Å². The first-order valence-corrected chi connectivity index (χ1v) is 5.27. The molecule has 2 N–H and O–H groups in total. The number of ether oxygens (including phenoxy) is 2. The molecule has 1 aromatic rings. The van der Waals surface area contributed by atoms with Gasteiger partial charge in [0.05, 0.1) is 18.7 Å². The number of methoxy groups -OCH3 is 1. The van der Waals surface area contributed by atoms with Crippen molar-refractivity contribution in [2.24, 2.45) is 0 Å². The van der Waals surface area contributed by atoms with E-state index >= 15 is 0 Å². The van der Waals surface area contributed by atoms with Gasteiger partial charge in [-0.2, -0.15) is 0 Å². The van der Waals surface area contributed by atoms with Gasteiger partial charge in [0, 0.05) is 5.69 Å². The maximum absolute atomic E-state index is 11.4. The molecule has 0 heterocycles. The highest BCUT2D eigenvalue weighted by molar-refractivity contribution is 6.40. The van der Waals surface area contributed by atoms with Crippen LogP contribution in [-0.2, 0) is 4.74 Å². The fourth-order valence-electron chi connectivity index (χ4n) is 1.21. The molecule has 4 nitrogen and oxygen atoms in total. The Kier molecular flexibility index (Phi) is 4.26. The molecule has 1 aromatic carbocycles. The van der Waals surface area contributed by atoms with Gasteiger partial charge in [0.15, 0.2) is 5.75 Å². The predicted molar refractivity (Wildman–Crippen MR) is 63.4 cm³/mol. The zero-order valence-corrected chi connectivity index (χ0v) is 10.4. The van der Waals surface area contributed by atoms with Gasteiger partial charge in [0.1, 0.15) is 10.6 Å². The average molecular weight is 264 g/mol. The molecule has 1 rings (SSSR count). The minimum Gasteiger partial charge on any atom is -0.491 e. The van der Waals surface area contributed by atoms with Crippen molar-refractivity contribution in [2.75, 3.05) is 19.5 Å². The molecule has 0 bridgehead atoms. The van der Waals surface area contributed by atoms with Crippen LogP contribution in [0, 0.1) is 0 Å². The summed E-state index contributed by atoms with van der Waals surface area (Å²) >= 11 is 11.9.